The number of rotatable bonds is 9. The molecule has 0 heterocycles. The molecule has 0 spiro atoms. The van der Waals surface area contributed by atoms with E-state index in [0.717, 1.165) is 19.3 Å². The van der Waals surface area contributed by atoms with Gasteiger partial charge in [-0.15, -0.1) is 0 Å². The molecule has 84 valence electrons. The Morgan fingerprint density at radius 3 is 2.29 bits per heavy atom. The predicted octanol–water partition coefficient (Wildman–Crippen LogP) is 3.65. The Labute approximate surface area is 87.0 Å². The van der Waals surface area contributed by atoms with Gasteiger partial charge in [-0.3, -0.25) is 10.1 Å². The van der Waals surface area contributed by atoms with E-state index >= 15 is 0 Å². The molecule has 0 aromatic rings. The average molecular weight is 201 g/mol. The maximum absolute atomic E-state index is 10.3. The topological polar surface area (TPSA) is 43.1 Å². The fourth-order valence-corrected chi connectivity index (χ4v) is 1.67. The van der Waals surface area contributed by atoms with Gasteiger partial charge >= 0.3 is 0 Å². The van der Waals surface area contributed by atoms with Crippen LogP contribution < -0.4 is 0 Å². The number of nitro groups is 1. The number of hydrogen-bond donors (Lipinski definition) is 0. The van der Waals surface area contributed by atoms with Crippen LogP contribution in [0.3, 0.4) is 0 Å². The summed E-state index contributed by atoms with van der Waals surface area (Å²) < 4.78 is 0. The number of hydrogen-bond acceptors (Lipinski definition) is 2. The fraction of sp³-hybridized carbons (Fsp3) is 1.00. The van der Waals surface area contributed by atoms with Gasteiger partial charge in [-0.05, 0) is 12.8 Å². The second-order valence-electron chi connectivity index (χ2n) is 3.99. The Bertz CT molecular complexity index is 148. The first-order chi connectivity index (χ1) is 6.70. The SMILES string of the molecule is CCCCCCC[C@@H](CC)C[N+](=O)[O-]. The van der Waals surface area contributed by atoms with E-state index in [0.29, 0.717) is 5.92 Å². The molecule has 0 unspecified atom stereocenters. The van der Waals surface area contributed by atoms with Crippen LogP contribution in [0.5, 0.6) is 0 Å². The summed E-state index contributed by atoms with van der Waals surface area (Å²) in [6.45, 7) is 4.39. The third-order valence-corrected chi connectivity index (χ3v) is 2.70. The van der Waals surface area contributed by atoms with E-state index in [1.165, 1.54) is 25.7 Å². The maximum atomic E-state index is 10.3. The van der Waals surface area contributed by atoms with Crippen LogP contribution in [0.2, 0.25) is 0 Å². The highest BCUT2D eigenvalue weighted by Crippen LogP contribution is 2.14. The van der Waals surface area contributed by atoms with Crippen LogP contribution in [-0.4, -0.2) is 11.5 Å². The summed E-state index contributed by atoms with van der Waals surface area (Å²) in [6.07, 6.45) is 8.20. The minimum Gasteiger partial charge on any atom is -0.265 e. The lowest BCUT2D eigenvalue weighted by atomic mass is 9.98. The molecule has 0 fully saturated rings. The molecule has 0 aliphatic heterocycles. The van der Waals surface area contributed by atoms with Crippen molar-refractivity contribution in [2.24, 2.45) is 5.92 Å². The molecule has 3 nitrogen and oxygen atoms in total. The second-order valence-corrected chi connectivity index (χ2v) is 3.99. The minimum atomic E-state index is -0.180. The minimum absolute atomic E-state index is 0.157. The lowest BCUT2D eigenvalue weighted by molar-refractivity contribution is -0.488. The van der Waals surface area contributed by atoms with Gasteiger partial charge in [0.25, 0.3) is 0 Å². The van der Waals surface area contributed by atoms with E-state index in [1.807, 2.05) is 6.92 Å². The van der Waals surface area contributed by atoms with Crippen molar-refractivity contribution in [2.75, 3.05) is 6.54 Å². The molecule has 0 aliphatic rings. The summed E-state index contributed by atoms with van der Waals surface area (Å²) in [4.78, 5) is 10.1. The summed E-state index contributed by atoms with van der Waals surface area (Å²) >= 11 is 0. The molecule has 0 aromatic heterocycles. The summed E-state index contributed by atoms with van der Waals surface area (Å²) in [7, 11) is 0. The highest BCUT2D eigenvalue weighted by atomic mass is 16.6. The van der Waals surface area contributed by atoms with Gasteiger partial charge in [0.2, 0.25) is 6.54 Å². The van der Waals surface area contributed by atoms with Crippen LogP contribution in [0.4, 0.5) is 0 Å². The third-order valence-electron chi connectivity index (χ3n) is 2.70. The quantitative estimate of drug-likeness (QED) is 0.324. The van der Waals surface area contributed by atoms with E-state index in [-0.39, 0.29) is 11.5 Å². The monoisotopic (exact) mass is 201 g/mol. The van der Waals surface area contributed by atoms with Crippen molar-refractivity contribution in [2.45, 2.75) is 58.8 Å². The Kier molecular flexibility index (Phi) is 8.59. The van der Waals surface area contributed by atoms with Crippen LogP contribution in [0.15, 0.2) is 0 Å². The molecule has 3 heteroatoms. The zero-order valence-corrected chi connectivity index (χ0v) is 9.50. The smallest absolute Gasteiger partial charge is 0.206 e. The van der Waals surface area contributed by atoms with Gasteiger partial charge < -0.3 is 0 Å². The van der Waals surface area contributed by atoms with Crippen LogP contribution in [0, 0.1) is 16.0 Å². The highest BCUT2D eigenvalue weighted by Gasteiger charge is 2.11. The molecular formula is C11H23NO2. The standard InChI is InChI=1S/C11H23NO2/c1-3-5-6-7-8-9-11(4-2)10-12(13)14/h11H,3-10H2,1-2H3/t11-/m1/s1. The van der Waals surface area contributed by atoms with Gasteiger partial charge in [-0.2, -0.15) is 0 Å². The average Bonchev–Trinajstić information content (AvgIpc) is 2.15. The molecule has 0 saturated heterocycles. The van der Waals surface area contributed by atoms with Crippen LogP contribution in [0.1, 0.15) is 58.8 Å². The Hall–Kier alpha value is -0.600. The second kappa shape index (κ2) is 8.97. The summed E-state index contributed by atoms with van der Waals surface area (Å²) in [5.74, 6) is 0.298. The summed E-state index contributed by atoms with van der Waals surface area (Å²) in [5.41, 5.74) is 0. The van der Waals surface area contributed by atoms with Crippen molar-refractivity contribution < 1.29 is 4.92 Å². The van der Waals surface area contributed by atoms with E-state index in [2.05, 4.69) is 6.92 Å². The van der Waals surface area contributed by atoms with Gasteiger partial charge in [-0.1, -0.05) is 46.0 Å². The van der Waals surface area contributed by atoms with Gasteiger partial charge in [0, 0.05) is 10.8 Å². The third kappa shape index (κ3) is 8.02. The molecule has 1 atom stereocenters. The van der Waals surface area contributed by atoms with Crippen molar-refractivity contribution in [1.82, 2.24) is 0 Å². The molecule has 0 aliphatic carbocycles. The largest absolute Gasteiger partial charge is 0.265 e. The first kappa shape index (κ1) is 13.4. The molecular weight excluding hydrogens is 178 g/mol. The van der Waals surface area contributed by atoms with Gasteiger partial charge in [0.15, 0.2) is 0 Å². The van der Waals surface area contributed by atoms with E-state index in [9.17, 15) is 10.1 Å². The Morgan fingerprint density at radius 1 is 1.14 bits per heavy atom. The molecule has 0 amide bonds. The summed E-state index contributed by atoms with van der Waals surface area (Å²) in [6, 6.07) is 0. The fourth-order valence-electron chi connectivity index (χ4n) is 1.67. The predicted molar refractivity (Wildman–Crippen MR) is 59.0 cm³/mol. The van der Waals surface area contributed by atoms with E-state index in [1.54, 1.807) is 0 Å². The van der Waals surface area contributed by atoms with Crippen molar-refractivity contribution in [3.63, 3.8) is 0 Å². The van der Waals surface area contributed by atoms with Crippen LogP contribution in [0.25, 0.3) is 0 Å². The van der Waals surface area contributed by atoms with Crippen LogP contribution >= 0.6 is 0 Å². The van der Waals surface area contributed by atoms with Crippen molar-refractivity contribution >= 4 is 0 Å². The lowest BCUT2D eigenvalue weighted by Gasteiger charge is -2.09. The highest BCUT2D eigenvalue weighted by molar-refractivity contribution is 4.56. The van der Waals surface area contributed by atoms with E-state index < -0.39 is 0 Å². The number of unbranched alkanes of at least 4 members (excludes halogenated alkanes) is 4. The van der Waals surface area contributed by atoms with Gasteiger partial charge in [0.05, 0.1) is 0 Å². The molecule has 0 radical (unpaired) electrons. The van der Waals surface area contributed by atoms with Crippen molar-refractivity contribution in [3.05, 3.63) is 10.1 Å². The van der Waals surface area contributed by atoms with E-state index in [4.69, 9.17) is 0 Å². The first-order valence-corrected chi connectivity index (χ1v) is 5.82. The van der Waals surface area contributed by atoms with Crippen molar-refractivity contribution in [1.29, 1.82) is 0 Å². The lowest BCUT2D eigenvalue weighted by Crippen LogP contribution is -2.13. The molecule has 0 bridgehead atoms. The molecule has 0 N–H and O–H groups in total. The molecule has 0 saturated carbocycles. The number of nitrogens with zero attached hydrogens (tertiary/aromatic N) is 1. The molecule has 0 aromatic carbocycles. The molecule has 0 rings (SSSR count). The van der Waals surface area contributed by atoms with Gasteiger partial charge in [-0.25, -0.2) is 0 Å². The zero-order valence-electron chi connectivity index (χ0n) is 9.50. The maximum Gasteiger partial charge on any atom is 0.206 e. The Balaban J connectivity index is 3.38. The van der Waals surface area contributed by atoms with Crippen molar-refractivity contribution in [3.8, 4) is 0 Å². The van der Waals surface area contributed by atoms with Gasteiger partial charge in [0.1, 0.15) is 0 Å². The zero-order chi connectivity index (χ0) is 10.8. The normalized spacial score (nSPS) is 12.7. The summed E-state index contributed by atoms with van der Waals surface area (Å²) in [5, 5.41) is 10.3. The van der Waals surface area contributed by atoms with Crippen LogP contribution in [-0.2, 0) is 0 Å². The first-order valence-electron chi connectivity index (χ1n) is 5.82. The Morgan fingerprint density at radius 2 is 1.79 bits per heavy atom. The molecule has 14 heavy (non-hydrogen) atoms.